The van der Waals surface area contributed by atoms with Gasteiger partial charge in [0.2, 0.25) is 0 Å². The molecule has 2 atom stereocenters. The van der Waals surface area contributed by atoms with Crippen LogP contribution in [0.4, 0.5) is 14.5 Å². The summed E-state index contributed by atoms with van der Waals surface area (Å²) in [6.07, 6.45) is 12.9. The highest BCUT2D eigenvalue weighted by atomic mass is 19.1. The van der Waals surface area contributed by atoms with Crippen LogP contribution in [0.2, 0.25) is 0 Å². The van der Waals surface area contributed by atoms with Gasteiger partial charge in [0.1, 0.15) is 23.1 Å². The summed E-state index contributed by atoms with van der Waals surface area (Å²) in [7, 11) is 1.97. The number of nitrogens with zero attached hydrogens (tertiary/aromatic N) is 3. The van der Waals surface area contributed by atoms with Crippen molar-refractivity contribution in [3.05, 3.63) is 154 Å². The summed E-state index contributed by atoms with van der Waals surface area (Å²) < 4.78 is 29.8. The molecule has 2 heterocycles. The van der Waals surface area contributed by atoms with Crippen LogP contribution in [-0.2, 0) is 6.54 Å². The van der Waals surface area contributed by atoms with E-state index in [4.69, 9.17) is 0 Å². The monoisotopic (exact) mass is 719 g/mol. The Labute approximate surface area is 314 Å². The van der Waals surface area contributed by atoms with Gasteiger partial charge in [-0.3, -0.25) is 14.3 Å². The molecule has 8 heteroatoms. The second kappa shape index (κ2) is 22.0. The van der Waals surface area contributed by atoms with Crippen molar-refractivity contribution in [3.8, 4) is 22.5 Å². The normalized spacial score (nSPS) is 12.1. The molecular formula is C45H55F2N5O. The van der Waals surface area contributed by atoms with Crippen LogP contribution in [0, 0.1) is 11.6 Å². The molecule has 280 valence electrons. The van der Waals surface area contributed by atoms with Gasteiger partial charge < -0.3 is 10.6 Å². The lowest BCUT2D eigenvalue weighted by Crippen LogP contribution is -2.26. The van der Waals surface area contributed by atoms with E-state index in [1.54, 1.807) is 42.5 Å². The Hall–Kier alpha value is -5.21. The molecule has 0 aliphatic rings. The molecule has 6 nitrogen and oxygen atoms in total. The van der Waals surface area contributed by atoms with Gasteiger partial charge in [-0.15, -0.1) is 6.58 Å². The van der Waals surface area contributed by atoms with Crippen molar-refractivity contribution in [1.29, 1.82) is 0 Å². The smallest absolute Gasteiger partial charge is 0.277 e. The Bertz CT molecular complexity index is 1970. The number of rotatable bonds is 13. The standard InChI is InChI=1S/C27H23F2N3O.C14H22N2.C4H10/c1-3-16-32-26(22-9-5-7-11-24(22)29)30-17-25(27(32)33)31-18(2)19-12-14-20(15-13-19)21-8-4-6-10-23(21)28;1-5-12(3)14-6-7-16-10-13(14)8-11(2)9-15-4;1-3-4-2/h3-15,17-18,31H,1,16H2,2H3;6-8,10,12,15H,5,9H2,1-4H3;3-4H2,1-2H3/b;11-8+;/t;12-;/m.1./s1. The number of anilines is 1. The van der Waals surface area contributed by atoms with Gasteiger partial charge in [-0.1, -0.05) is 113 Å². The molecule has 0 amide bonds. The van der Waals surface area contributed by atoms with Crippen molar-refractivity contribution in [2.24, 2.45) is 0 Å². The lowest BCUT2D eigenvalue weighted by atomic mass is 9.94. The van der Waals surface area contributed by atoms with E-state index in [9.17, 15) is 13.6 Å². The first kappa shape index (κ1) is 42.2. The number of hydrogen-bond donors (Lipinski definition) is 2. The quantitative estimate of drug-likeness (QED) is 0.119. The molecule has 5 aromatic rings. The Morgan fingerprint density at radius 1 is 0.887 bits per heavy atom. The van der Waals surface area contributed by atoms with Crippen molar-refractivity contribution >= 4 is 11.8 Å². The molecule has 0 saturated carbocycles. The van der Waals surface area contributed by atoms with Crippen molar-refractivity contribution in [2.75, 3.05) is 18.9 Å². The van der Waals surface area contributed by atoms with Gasteiger partial charge in [-0.25, -0.2) is 13.8 Å². The fourth-order valence-electron chi connectivity index (χ4n) is 5.51. The van der Waals surface area contributed by atoms with E-state index < -0.39 is 5.82 Å². The lowest BCUT2D eigenvalue weighted by Gasteiger charge is -2.18. The van der Waals surface area contributed by atoms with E-state index in [0.717, 1.165) is 24.1 Å². The van der Waals surface area contributed by atoms with Crippen molar-refractivity contribution in [3.63, 3.8) is 0 Å². The Balaban J connectivity index is 0.000000315. The van der Waals surface area contributed by atoms with Crippen LogP contribution in [0.25, 0.3) is 28.6 Å². The summed E-state index contributed by atoms with van der Waals surface area (Å²) in [4.78, 5) is 21.7. The number of likely N-dealkylation sites (N-methyl/N-ethyl adjacent to an activating group) is 1. The van der Waals surface area contributed by atoms with Crippen molar-refractivity contribution < 1.29 is 8.78 Å². The Morgan fingerprint density at radius 2 is 1.51 bits per heavy atom. The van der Waals surface area contributed by atoms with Crippen molar-refractivity contribution in [2.45, 2.75) is 79.3 Å². The zero-order valence-electron chi connectivity index (χ0n) is 32.3. The summed E-state index contributed by atoms with van der Waals surface area (Å²) in [5.74, 6) is 0.105. The predicted octanol–water partition coefficient (Wildman–Crippen LogP) is 11.2. The molecule has 1 unspecified atom stereocenters. The fraction of sp³-hybridized carbons (Fsp3) is 0.311. The Kier molecular flexibility index (Phi) is 17.5. The minimum Gasteiger partial charge on any atom is -0.373 e. The minimum absolute atomic E-state index is 0.191. The topological polar surface area (TPSA) is 71.8 Å². The number of aromatic nitrogens is 3. The summed E-state index contributed by atoms with van der Waals surface area (Å²) in [6.45, 7) is 17.7. The van der Waals surface area contributed by atoms with Crippen LogP contribution >= 0.6 is 0 Å². The predicted molar refractivity (Wildman–Crippen MR) is 219 cm³/mol. The van der Waals surface area contributed by atoms with E-state index in [-0.39, 0.29) is 35.4 Å². The number of pyridine rings is 1. The molecule has 0 aliphatic heterocycles. The number of benzene rings is 3. The zero-order valence-corrected chi connectivity index (χ0v) is 32.3. The number of nitrogens with one attached hydrogen (secondary N) is 2. The molecule has 0 spiro atoms. The molecule has 2 aromatic heterocycles. The van der Waals surface area contributed by atoms with Gasteiger partial charge in [0.25, 0.3) is 5.56 Å². The van der Waals surface area contributed by atoms with Crippen LogP contribution in [0.3, 0.4) is 0 Å². The molecule has 0 bridgehead atoms. The molecule has 0 fully saturated rings. The second-order valence-electron chi connectivity index (χ2n) is 13.0. The first-order valence-corrected chi connectivity index (χ1v) is 18.4. The third kappa shape index (κ3) is 12.2. The van der Waals surface area contributed by atoms with Crippen LogP contribution in [0.1, 0.15) is 89.5 Å². The summed E-state index contributed by atoms with van der Waals surface area (Å²) in [6, 6.07) is 22.2. The first-order valence-electron chi connectivity index (χ1n) is 18.4. The molecular weight excluding hydrogens is 665 g/mol. The summed E-state index contributed by atoms with van der Waals surface area (Å²) in [5, 5.41) is 6.35. The summed E-state index contributed by atoms with van der Waals surface area (Å²) in [5.41, 5.74) is 6.43. The Morgan fingerprint density at radius 3 is 2.08 bits per heavy atom. The van der Waals surface area contributed by atoms with Gasteiger partial charge >= 0.3 is 0 Å². The first-order chi connectivity index (χ1) is 25.6. The largest absolute Gasteiger partial charge is 0.373 e. The van der Waals surface area contributed by atoms with Crippen LogP contribution in [-0.4, -0.2) is 28.1 Å². The fourth-order valence-corrected chi connectivity index (χ4v) is 5.51. The van der Waals surface area contributed by atoms with Crippen LogP contribution in [0.5, 0.6) is 0 Å². The third-order valence-corrected chi connectivity index (χ3v) is 8.83. The third-order valence-electron chi connectivity index (χ3n) is 8.83. The maximum Gasteiger partial charge on any atom is 0.277 e. The van der Waals surface area contributed by atoms with Gasteiger partial charge in [-0.05, 0) is 79.8 Å². The molecule has 53 heavy (non-hydrogen) atoms. The number of hydrogen-bond acceptors (Lipinski definition) is 5. The average molecular weight is 720 g/mol. The van der Waals surface area contributed by atoms with Crippen LogP contribution in [0.15, 0.2) is 120 Å². The van der Waals surface area contributed by atoms with Gasteiger partial charge in [0, 0.05) is 37.1 Å². The highest BCUT2D eigenvalue weighted by molar-refractivity contribution is 5.65. The molecule has 3 aromatic carbocycles. The number of allylic oxidation sites excluding steroid dienone is 1. The maximum atomic E-state index is 14.3. The van der Waals surface area contributed by atoms with E-state index in [1.807, 2.05) is 50.6 Å². The van der Waals surface area contributed by atoms with Gasteiger partial charge in [0.15, 0.2) is 0 Å². The SMILES string of the molecule is C=CCn1c(-c2ccccc2F)ncc(NC(C)c2ccc(-c3ccccc3F)cc2)c1=O.CCCC.CC[C@@H](C)c1ccncc1/C=C(\C)CNC. The molecule has 5 rings (SSSR count). The zero-order chi connectivity index (χ0) is 38.8. The van der Waals surface area contributed by atoms with Gasteiger partial charge in [-0.2, -0.15) is 0 Å². The van der Waals surface area contributed by atoms with Gasteiger partial charge in [0.05, 0.1) is 11.8 Å². The van der Waals surface area contributed by atoms with E-state index >= 15 is 0 Å². The second-order valence-corrected chi connectivity index (χ2v) is 13.0. The lowest BCUT2D eigenvalue weighted by molar-refractivity contribution is 0.626. The van der Waals surface area contributed by atoms with E-state index in [1.165, 1.54) is 52.4 Å². The van der Waals surface area contributed by atoms with E-state index in [0.29, 0.717) is 17.2 Å². The number of unbranched alkanes of at least 4 members (excludes halogenated alkanes) is 1. The van der Waals surface area contributed by atoms with E-state index in [2.05, 4.69) is 73.9 Å². The maximum absolute atomic E-state index is 14.3. The highest BCUT2D eigenvalue weighted by Crippen LogP contribution is 2.27. The average Bonchev–Trinajstić information content (AvgIpc) is 3.17. The van der Waals surface area contributed by atoms with Crippen LogP contribution < -0.4 is 16.2 Å². The number of halogens is 2. The van der Waals surface area contributed by atoms with Crippen molar-refractivity contribution in [1.82, 2.24) is 19.9 Å². The molecule has 0 aliphatic carbocycles. The molecule has 2 N–H and O–H groups in total. The molecule has 0 saturated heterocycles. The molecule has 0 radical (unpaired) electrons. The highest BCUT2D eigenvalue weighted by Gasteiger charge is 2.16. The summed E-state index contributed by atoms with van der Waals surface area (Å²) >= 11 is 0. The minimum atomic E-state index is -0.453.